The summed E-state index contributed by atoms with van der Waals surface area (Å²) >= 11 is 12.2. The Hall–Kier alpha value is -1.89. The summed E-state index contributed by atoms with van der Waals surface area (Å²) in [4.78, 5) is 23.5. The summed E-state index contributed by atoms with van der Waals surface area (Å²) in [6, 6.07) is 3.05. The third-order valence-electron chi connectivity index (χ3n) is 3.72. The molecular formula is C15H14Cl2N4O2. The number of halogens is 2. The SMILES string of the molecule is CC[C@@H](CO)n1c(=O)[nH]c2ncc(Cl)c(-c3ccc(Cl)cn3)c21. The van der Waals surface area contributed by atoms with Gasteiger partial charge in [-0.15, -0.1) is 0 Å². The maximum absolute atomic E-state index is 12.3. The highest BCUT2D eigenvalue weighted by atomic mass is 35.5. The topological polar surface area (TPSA) is 83.8 Å². The van der Waals surface area contributed by atoms with Crippen LogP contribution in [0.4, 0.5) is 0 Å². The number of H-pyrrole nitrogens is 1. The van der Waals surface area contributed by atoms with Crippen molar-refractivity contribution in [3.63, 3.8) is 0 Å². The number of rotatable bonds is 4. The Bertz CT molecular complexity index is 898. The fourth-order valence-corrected chi connectivity index (χ4v) is 2.92. The van der Waals surface area contributed by atoms with E-state index in [1.54, 1.807) is 12.1 Å². The zero-order chi connectivity index (χ0) is 16.6. The van der Waals surface area contributed by atoms with Gasteiger partial charge in [-0.3, -0.25) is 14.5 Å². The van der Waals surface area contributed by atoms with E-state index in [-0.39, 0.29) is 18.3 Å². The van der Waals surface area contributed by atoms with E-state index < -0.39 is 0 Å². The molecule has 2 N–H and O–H groups in total. The minimum Gasteiger partial charge on any atom is -0.394 e. The quantitative estimate of drug-likeness (QED) is 0.755. The number of hydrogen-bond donors (Lipinski definition) is 2. The van der Waals surface area contributed by atoms with Crippen LogP contribution in [0.15, 0.2) is 29.3 Å². The largest absolute Gasteiger partial charge is 0.394 e. The first-order chi connectivity index (χ1) is 11.1. The van der Waals surface area contributed by atoms with Crippen LogP contribution in [0.1, 0.15) is 19.4 Å². The van der Waals surface area contributed by atoms with Crippen molar-refractivity contribution in [2.24, 2.45) is 0 Å². The van der Waals surface area contributed by atoms with Gasteiger partial charge in [-0.05, 0) is 18.6 Å². The lowest BCUT2D eigenvalue weighted by Gasteiger charge is -2.15. The van der Waals surface area contributed by atoms with Crippen molar-refractivity contribution in [2.45, 2.75) is 19.4 Å². The molecule has 0 aliphatic rings. The van der Waals surface area contributed by atoms with E-state index in [2.05, 4.69) is 15.0 Å². The van der Waals surface area contributed by atoms with Crippen LogP contribution in [0, 0.1) is 0 Å². The van der Waals surface area contributed by atoms with Gasteiger partial charge in [0.2, 0.25) is 0 Å². The first-order valence-electron chi connectivity index (χ1n) is 7.08. The third-order valence-corrected chi connectivity index (χ3v) is 4.23. The Labute approximate surface area is 141 Å². The van der Waals surface area contributed by atoms with Gasteiger partial charge >= 0.3 is 5.69 Å². The second-order valence-electron chi connectivity index (χ2n) is 5.08. The molecule has 8 heteroatoms. The molecule has 0 aromatic carbocycles. The fourth-order valence-electron chi connectivity index (χ4n) is 2.58. The van der Waals surface area contributed by atoms with Crippen LogP contribution >= 0.6 is 23.2 Å². The molecule has 0 spiro atoms. The van der Waals surface area contributed by atoms with Gasteiger partial charge in [-0.2, -0.15) is 0 Å². The first kappa shape index (κ1) is 16.0. The van der Waals surface area contributed by atoms with Crippen molar-refractivity contribution in [3.05, 3.63) is 45.1 Å². The van der Waals surface area contributed by atoms with Gasteiger partial charge in [0.1, 0.15) is 0 Å². The zero-order valence-corrected chi connectivity index (χ0v) is 13.8. The standard InChI is InChI=1S/C15H14Cl2N4O2/c1-2-9(7-22)21-13-12(11-4-3-8(16)5-18-11)10(17)6-19-14(13)20-15(21)23/h3-6,9,22H,2,7H2,1H3,(H,19,20,23)/t9-/m0/s1. The number of nitrogens with zero attached hydrogens (tertiary/aromatic N) is 3. The Morgan fingerprint density at radius 2 is 2.09 bits per heavy atom. The smallest absolute Gasteiger partial charge is 0.328 e. The van der Waals surface area contributed by atoms with Crippen molar-refractivity contribution in [1.82, 2.24) is 19.5 Å². The summed E-state index contributed by atoms with van der Waals surface area (Å²) in [5.74, 6) is 0. The molecule has 0 fully saturated rings. The molecule has 3 aromatic heterocycles. The molecule has 0 radical (unpaired) electrons. The molecule has 0 aliphatic heterocycles. The monoisotopic (exact) mass is 352 g/mol. The lowest BCUT2D eigenvalue weighted by Crippen LogP contribution is -2.24. The maximum atomic E-state index is 12.3. The van der Waals surface area contributed by atoms with Gasteiger partial charge in [-0.25, -0.2) is 9.78 Å². The second kappa shape index (κ2) is 6.31. The van der Waals surface area contributed by atoms with Crippen LogP contribution in [-0.2, 0) is 0 Å². The molecule has 0 aliphatic carbocycles. The molecule has 3 rings (SSSR count). The molecule has 3 heterocycles. The lowest BCUT2D eigenvalue weighted by molar-refractivity contribution is 0.225. The summed E-state index contributed by atoms with van der Waals surface area (Å²) in [6.07, 6.45) is 3.57. The van der Waals surface area contributed by atoms with Crippen LogP contribution in [0.25, 0.3) is 22.4 Å². The van der Waals surface area contributed by atoms with Gasteiger partial charge in [0.15, 0.2) is 5.65 Å². The molecular weight excluding hydrogens is 339 g/mol. The maximum Gasteiger partial charge on any atom is 0.328 e. The summed E-state index contributed by atoms with van der Waals surface area (Å²) in [7, 11) is 0. The van der Waals surface area contributed by atoms with Crippen LogP contribution in [0.2, 0.25) is 10.0 Å². The number of aromatic nitrogens is 4. The second-order valence-corrected chi connectivity index (χ2v) is 5.93. The molecule has 23 heavy (non-hydrogen) atoms. The van der Waals surface area contributed by atoms with Crippen LogP contribution < -0.4 is 5.69 Å². The highest BCUT2D eigenvalue weighted by molar-refractivity contribution is 6.34. The summed E-state index contributed by atoms with van der Waals surface area (Å²) < 4.78 is 1.49. The van der Waals surface area contributed by atoms with Crippen molar-refractivity contribution in [2.75, 3.05) is 6.61 Å². The predicted octanol–water partition coefficient (Wildman–Crippen LogP) is 3.04. The molecule has 6 nitrogen and oxygen atoms in total. The van der Waals surface area contributed by atoms with Gasteiger partial charge in [0.25, 0.3) is 0 Å². The first-order valence-corrected chi connectivity index (χ1v) is 7.83. The highest BCUT2D eigenvalue weighted by Crippen LogP contribution is 2.33. The van der Waals surface area contributed by atoms with Crippen LogP contribution in [0.3, 0.4) is 0 Å². The average Bonchev–Trinajstić information content (AvgIpc) is 2.87. The van der Waals surface area contributed by atoms with Crippen molar-refractivity contribution >= 4 is 34.4 Å². The number of aliphatic hydroxyl groups excluding tert-OH is 1. The van der Waals surface area contributed by atoms with Crippen LogP contribution in [0.5, 0.6) is 0 Å². The van der Waals surface area contributed by atoms with E-state index in [1.807, 2.05) is 6.92 Å². The molecule has 0 saturated carbocycles. The molecule has 1 atom stereocenters. The number of pyridine rings is 2. The summed E-state index contributed by atoms with van der Waals surface area (Å²) in [5, 5.41) is 10.5. The molecule has 120 valence electrons. The predicted molar refractivity (Wildman–Crippen MR) is 90.0 cm³/mol. The lowest BCUT2D eigenvalue weighted by atomic mass is 10.1. The van der Waals surface area contributed by atoms with E-state index in [0.717, 1.165) is 0 Å². The third kappa shape index (κ3) is 2.73. The van der Waals surface area contributed by atoms with Gasteiger partial charge < -0.3 is 5.11 Å². The van der Waals surface area contributed by atoms with Crippen molar-refractivity contribution < 1.29 is 5.11 Å². The van der Waals surface area contributed by atoms with E-state index in [4.69, 9.17) is 23.2 Å². The number of aliphatic hydroxyl groups is 1. The van der Waals surface area contributed by atoms with E-state index in [0.29, 0.717) is 38.9 Å². The van der Waals surface area contributed by atoms with Gasteiger partial charge in [-0.1, -0.05) is 30.1 Å². The summed E-state index contributed by atoms with van der Waals surface area (Å²) in [5.41, 5.74) is 1.74. The van der Waals surface area contributed by atoms with E-state index >= 15 is 0 Å². The Balaban J connectivity index is 2.38. The molecule has 0 bridgehead atoms. The highest BCUT2D eigenvalue weighted by Gasteiger charge is 2.21. The number of hydrogen-bond acceptors (Lipinski definition) is 4. The Morgan fingerprint density at radius 1 is 1.30 bits per heavy atom. The Kier molecular flexibility index (Phi) is 4.39. The molecule has 3 aromatic rings. The van der Waals surface area contributed by atoms with Gasteiger partial charge in [0, 0.05) is 18.0 Å². The number of imidazole rings is 1. The average molecular weight is 353 g/mol. The van der Waals surface area contributed by atoms with Crippen LogP contribution in [-0.4, -0.2) is 31.2 Å². The number of fused-ring (bicyclic) bond motifs is 1. The minimum atomic E-state index is -0.373. The van der Waals surface area contributed by atoms with E-state index in [9.17, 15) is 9.90 Å². The number of nitrogens with one attached hydrogen (secondary N) is 1. The number of aromatic amines is 1. The van der Waals surface area contributed by atoms with Crippen molar-refractivity contribution in [3.8, 4) is 11.3 Å². The van der Waals surface area contributed by atoms with E-state index in [1.165, 1.54) is 17.0 Å². The molecule has 0 amide bonds. The fraction of sp³-hybridized carbons (Fsp3) is 0.267. The zero-order valence-electron chi connectivity index (χ0n) is 12.3. The minimum absolute atomic E-state index is 0.163. The Morgan fingerprint density at radius 3 is 2.70 bits per heavy atom. The molecule has 0 saturated heterocycles. The van der Waals surface area contributed by atoms with Crippen molar-refractivity contribution in [1.29, 1.82) is 0 Å². The van der Waals surface area contributed by atoms with Gasteiger partial charge in [0.05, 0.1) is 33.9 Å². The molecule has 0 unspecified atom stereocenters. The normalized spacial score (nSPS) is 12.7. The summed E-state index contributed by atoms with van der Waals surface area (Å²) in [6.45, 7) is 1.73.